The number of hydrogen-bond acceptors (Lipinski definition) is 2. The van der Waals surface area contributed by atoms with Gasteiger partial charge >= 0.3 is 0 Å². The second-order valence-corrected chi connectivity index (χ2v) is 5.94. The summed E-state index contributed by atoms with van der Waals surface area (Å²) in [7, 11) is -1.84. The molecule has 5 heteroatoms. The van der Waals surface area contributed by atoms with Gasteiger partial charge in [0.25, 0.3) is 0 Å². The summed E-state index contributed by atoms with van der Waals surface area (Å²) in [6.45, 7) is 2.35. The average molecular weight is 262 g/mol. The average Bonchev–Trinajstić information content (AvgIpc) is 2.29. The van der Waals surface area contributed by atoms with Gasteiger partial charge in [-0.25, -0.2) is 8.42 Å². The van der Waals surface area contributed by atoms with E-state index in [1.54, 1.807) is 12.1 Å². The van der Waals surface area contributed by atoms with E-state index < -0.39 is 10.0 Å². The third-order valence-electron chi connectivity index (χ3n) is 2.44. The van der Waals surface area contributed by atoms with E-state index >= 15 is 0 Å². The standard InChI is InChI=1S/C11H16ClNO2S/c1-3-10-4-6-11(7-5-10)16(14,15)13(2)9-8-12/h4-7H,3,8-9H2,1-2H3. The highest BCUT2D eigenvalue weighted by atomic mass is 35.5. The Kier molecular flexibility index (Phi) is 4.77. The van der Waals surface area contributed by atoms with Gasteiger partial charge in [0.15, 0.2) is 0 Å². The molecule has 3 nitrogen and oxygen atoms in total. The molecular formula is C11H16ClNO2S. The Bertz CT molecular complexity index is 428. The van der Waals surface area contributed by atoms with Crippen molar-refractivity contribution in [3.63, 3.8) is 0 Å². The molecule has 0 radical (unpaired) electrons. The van der Waals surface area contributed by atoms with E-state index in [0.717, 1.165) is 12.0 Å². The molecule has 0 spiro atoms. The third kappa shape index (κ3) is 2.97. The van der Waals surface area contributed by atoms with Crippen LogP contribution in [0.2, 0.25) is 0 Å². The lowest BCUT2D eigenvalue weighted by atomic mass is 10.2. The fourth-order valence-corrected chi connectivity index (χ4v) is 2.84. The van der Waals surface area contributed by atoms with Crippen molar-refractivity contribution >= 4 is 21.6 Å². The van der Waals surface area contributed by atoms with Gasteiger partial charge in [0, 0.05) is 19.5 Å². The predicted molar refractivity (Wildman–Crippen MR) is 66.4 cm³/mol. The van der Waals surface area contributed by atoms with Crippen molar-refractivity contribution in [2.45, 2.75) is 18.2 Å². The van der Waals surface area contributed by atoms with Crippen LogP contribution in [0.4, 0.5) is 0 Å². The number of aryl methyl sites for hydroxylation is 1. The van der Waals surface area contributed by atoms with Gasteiger partial charge in [-0.3, -0.25) is 0 Å². The van der Waals surface area contributed by atoms with Crippen molar-refractivity contribution in [2.24, 2.45) is 0 Å². The van der Waals surface area contributed by atoms with Crippen LogP contribution in [0.5, 0.6) is 0 Å². The van der Waals surface area contributed by atoms with Gasteiger partial charge in [-0.1, -0.05) is 19.1 Å². The smallest absolute Gasteiger partial charge is 0.207 e. The number of rotatable bonds is 5. The Hall–Kier alpha value is -0.580. The first-order chi connectivity index (χ1) is 7.52. The Labute approximate surface area is 102 Å². The van der Waals surface area contributed by atoms with Crippen molar-refractivity contribution in [1.29, 1.82) is 0 Å². The predicted octanol–water partition coefficient (Wildman–Crippen LogP) is 2.11. The second kappa shape index (κ2) is 5.66. The van der Waals surface area contributed by atoms with Gasteiger partial charge in [-0.2, -0.15) is 4.31 Å². The molecule has 0 fully saturated rings. The first kappa shape index (κ1) is 13.5. The maximum atomic E-state index is 12.0. The van der Waals surface area contributed by atoms with E-state index in [-0.39, 0.29) is 0 Å². The first-order valence-corrected chi connectivity index (χ1v) is 7.11. The van der Waals surface area contributed by atoms with Crippen LogP contribution >= 0.6 is 11.6 Å². The molecule has 1 aromatic rings. The van der Waals surface area contributed by atoms with Gasteiger partial charge in [0.2, 0.25) is 10.0 Å². The molecular weight excluding hydrogens is 246 g/mol. The van der Waals surface area contributed by atoms with E-state index in [9.17, 15) is 8.42 Å². The van der Waals surface area contributed by atoms with Crippen molar-refractivity contribution in [3.8, 4) is 0 Å². The van der Waals surface area contributed by atoms with Crippen LogP contribution in [0.25, 0.3) is 0 Å². The van der Waals surface area contributed by atoms with E-state index in [4.69, 9.17) is 11.6 Å². The van der Waals surface area contributed by atoms with Crippen LogP contribution in [0.1, 0.15) is 12.5 Å². The second-order valence-electron chi connectivity index (χ2n) is 3.51. The molecule has 0 bridgehead atoms. The van der Waals surface area contributed by atoms with Crippen LogP contribution in [0.15, 0.2) is 29.2 Å². The highest BCUT2D eigenvalue weighted by Gasteiger charge is 2.19. The summed E-state index contributed by atoms with van der Waals surface area (Å²) < 4.78 is 25.2. The topological polar surface area (TPSA) is 37.4 Å². The van der Waals surface area contributed by atoms with Crippen LogP contribution in [-0.4, -0.2) is 32.2 Å². The minimum absolute atomic E-state index is 0.294. The zero-order valence-corrected chi connectivity index (χ0v) is 11.1. The zero-order valence-electron chi connectivity index (χ0n) is 9.48. The lowest BCUT2D eigenvalue weighted by Crippen LogP contribution is -2.28. The van der Waals surface area contributed by atoms with Crippen molar-refractivity contribution < 1.29 is 8.42 Å². The Morgan fingerprint density at radius 3 is 2.25 bits per heavy atom. The number of halogens is 1. The first-order valence-electron chi connectivity index (χ1n) is 5.13. The summed E-state index contributed by atoms with van der Waals surface area (Å²) in [4.78, 5) is 0.317. The van der Waals surface area contributed by atoms with Crippen LogP contribution < -0.4 is 0 Å². The molecule has 0 saturated carbocycles. The van der Waals surface area contributed by atoms with E-state index in [1.165, 1.54) is 11.4 Å². The van der Waals surface area contributed by atoms with E-state index in [1.807, 2.05) is 19.1 Å². The number of hydrogen-bond donors (Lipinski definition) is 0. The molecule has 0 atom stereocenters. The third-order valence-corrected chi connectivity index (χ3v) is 4.48. The molecule has 0 aliphatic heterocycles. The summed E-state index contributed by atoms with van der Waals surface area (Å²) in [6.07, 6.45) is 0.901. The molecule has 0 aliphatic carbocycles. The quantitative estimate of drug-likeness (QED) is 0.762. The summed E-state index contributed by atoms with van der Waals surface area (Å²) in [5.74, 6) is 0.294. The maximum absolute atomic E-state index is 12.0. The Balaban J connectivity index is 2.98. The molecule has 0 heterocycles. The van der Waals surface area contributed by atoms with Gasteiger partial charge in [-0.15, -0.1) is 11.6 Å². The van der Waals surface area contributed by atoms with Crippen LogP contribution in [0, 0.1) is 0 Å². The molecule has 0 amide bonds. The van der Waals surface area contributed by atoms with Gasteiger partial charge in [0.1, 0.15) is 0 Å². The Morgan fingerprint density at radius 1 is 1.25 bits per heavy atom. The van der Waals surface area contributed by atoms with Crippen molar-refractivity contribution in [3.05, 3.63) is 29.8 Å². The molecule has 1 rings (SSSR count). The molecule has 0 aliphatic rings. The van der Waals surface area contributed by atoms with Gasteiger partial charge in [-0.05, 0) is 24.1 Å². The number of nitrogens with zero attached hydrogens (tertiary/aromatic N) is 1. The van der Waals surface area contributed by atoms with Gasteiger partial charge < -0.3 is 0 Å². The van der Waals surface area contributed by atoms with Crippen LogP contribution in [-0.2, 0) is 16.4 Å². The molecule has 90 valence electrons. The molecule has 16 heavy (non-hydrogen) atoms. The van der Waals surface area contributed by atoms with Gasteiger partial charge in [0.05, 0.1) is 4.90 Å². The largest absolute Gasteiger partial charge is 0.242 e. The molecule has 1 aromatic carbocycles. The fraction of sp³-hybridized carbons (Fsp3) is 0.455. The highest BCUT2D eigenvalue weighted by molar-refractivity contribution is 7.89. The Morgan fingerprint density at radius 2 is 1.81 bits per heavy atom. The monoisotopic (exact) mass is 261 g/mol. The van der Waals surface area contributed by atoms with Crippen molar-refractivity contribution in [2.75, 3.05) is 19.5 Å². The highest BCUT2D eigenvalue weighted by Crippen LogP contribution is 2.15. The van der Waals surface area contributed by atoms with Crippen molar-refractivity contribution in [1.82, 2.24) is 4.31 Å². The number of benzene rings is 1. The lowest BCUT2D eigenvalue weighted by Gasteiger charge is -2.15. The summed E-state index contributed by atoms with van der Waals surface area (Å²) >= 11 is 5.53. The molecule has 0 aromatic heterocycles. The zero-order chi connectivity index (χ0) is 12.2. The number of sulfonamides is 1. The van der Waals surface area contributed by atoms with E-state index in [2.05, 4.69) is 0 Å². The summed E-state index contributed by atoms with van der Waals surface area (Å²) in [5.41, 5.74) is 1.12. The minimum atomic E-state index is -3.38. The lowest BCUT2D eigenvalue weighted by molar-refractivity contribution is 0.488. The number of alkyl halides is 1. The maximum Gasteiger partial charge on any atom is 0.242 e. The SMILES string of the molecule is CCc1ccc(S(=O)(=O)N(C)CCCl)cc1. The molecule has 0 unspecified atom stereocenters. The fourth-order valence-electron chi connectivity index (χ4n) is 1.32. The van der Waals surface area contributed by atoms with E-state index in [0.29, 0.717) is 17.3 Å². The summed E-state index contributed by atoms with van der Waals surface area (Å²) in [6, 6.07) is 6.95. The van der Waals surface area contributed by atoms with Crippen LogP contribution in [0.3, 0.4) is 0 Å². The minimum Gasteiger partial charge on any atom is -0.207 e. The molecule has 0 N–H and O–H groups in total. The molecule has 0 saturated heterocycles. The normalized spacial score (nSPS) is 12.0. The summed E-state index contributed by atoms with van der Waals surface area (Å²) in [5, 5.41) is 0.